The third-order valence-electron chi connectivity index (χ3n) is 5.48. The van der Waals surface area contributed by atoms with Crippen LogP contribution in [0.5, 0.6) is 0 Å². The molecule has 3 rings (SSSR count). The predicted octanol–water partition coefficient (Wildman–Crippen LogP) is 2.83. The van der Waals surface area contributed by atoms with Gasteiger partial charge in [0.05, 0.1) is 4.90 Å². The van der Waals surface area contributed by atoms with Crippen molar-refractivity contribution in [2.45, 2.75) is 55.9 Å². The summed E-state index contributed by atoms with van der Waals surface area (Å²) >= 11 is 3.25. The highest BCUT2D eigenvalue weighted by atomic mass is 79.9. The third-order valence-corrected chi connectivity index (χ3v) is 7.35. The Bertz CT molecular complexity index is 803. The molecule has 6 nitrogen and oxygen atoms in total. The molecule has 1 unspecified atom stereocenters. The summed E-state index contributed by atoms with van der Waals surface area (Å²) < 4.78 is 27.8. The first-order valence-electron chi connectivity index (χ1n) is 8.88. The van der Waals surface area contributed by atoms with E-state index in [-0.39, 0.29) is 16.7 Å². The van der Waals surface area contributed by atoms with E-state index in [9.17, 15) is 18.0 Å². The van der Waals surface area contributed by atoms with Gasteiger partial charge in [-0.05, 0) is 50.5 Å². The molecule has 1 saturated heterocycles. The van der Waals surface area contributed by atoms with Gasteiger partial charge in [0.2, 0.25) is 5.91 Å². The van der Waals surface area contributed by atoms with Gasteiger partial charge in [-0.25, -0.2) is 13.1 Å². The number of benzene rings is 1. The monoisotopic (exact) mass is 442 g/mol. The number of sulfonamides is 1. The Labute approximate surface area is 162 Å². The number of hydrogen-bond acceptors (Lipinski definition) is 4. The molecule has 1 aromatic carbocycles. The molecule has 1 aliphatic heterocycles. The van der Waals surface area contributed by atoms with Gasteiger partial charge in [0, 0.05) is 16.9 Å². The van der Waals surface area contributed by atoms with E-state index in [1.165, 1.54) is 12.1 Å². The number of amides is 2. The van der Waals surface area contributed by atoms with Crippen molar-refractivity contribution in [1.29, 1.82) is 0 Å². The number of likely N-dealkylation sites (tertiary alicyclic amines) is 1. The zero-order valence-electron chi connectivity index (χ0n) is 14.7. The van der Waals surface area contributed by atoms with Crippen LogP contribution in [0.25, 0.3) is 0 Å². The third kappa shape index (κ3) is 3.67. The van der Waals surface area contributed by atoms with E-state index in [1.807, 2.05) is 0 Å². The Balaban J connectivity index is 1.72. The van der Waals surface area contributed by atoms with Crippen LogP contribution in [0.4, 0.5) is 0 Å². The molecule has 0 aromatic heterocycles. The van der Waals surface area contributed by atoms with Crippen molar-refractivity contribution < 1.29 is 18.0 Å². The van der Waals surface area contributed by atoms with Crippen LogP contribution in [-0.4, -0.2) is 37.2 Å². The first-order chi connectivity index (χ1) is 12.2. The molecule has 142 valence electrons. The van der Waals surface area contributed by atoms with E-state index >= 15 is 0 Å². The Hall–Kier alpha value is -1.41. The second kappa shape index (κ2) is 7.31. The van der Waals surface area contributed by atoms with Gasteiger partial charge in [-0.1, -0.05) is 35.2 Å². The fraction of sp³-hybridized carbons (Fsp3) is 0.556. The van der Waals surface area contributed by atoms with E-state index in [0.717, 1.165) is 36.6 Å². The molecule has 0 bridgehead atoms. The lowest BCUT2D eigenvalue weighted by molar-refractivity contribution is -0.160. The second-order valence-electron chi connectivity index (χ2n) is 7.24. The standard InChI is InChI=1S/C18H23BrN2O4S/c1-18(11-12-21(18)16(22)13-5-3-2-4-6-13)17(23)20-26(24,25)15-9-7-14(19)8-10-15/h7-10,13H,2-6,11-12H2,1H3,(H,20,23). The summed E-state index contributed by atoms with van der Waals surface area (Å²) in [6.45, 7) is 2.14. The van der Waals surface area contributed by atoms with Crippen LogP contribution < -0.4 is 4.72 Å². The molecule has 1 saturated carbocycles. The van der Waals surface area contributed by atoms with Crippen LogP contribution in [0.1, 0.15) is 45.4 Å². The molecule has 8 heteroatoms. The molecular formula is C18H23BrN2O4S. The van der Waals surface area contributed by atoms with Gasteiger partial charge in [0.1, 0.15) is 5.54 Å². The van der Waals surface area contributed by atoms with Crippen LogP contribution >= 0.6 is 15.9 Å². The Morgan fingerprint density at radius 2 is 1.77 bits per heavy atom. The van der Waals surface area contributed by atoms with Crippen molar-refractivity contribution in [2.75, 3.05) is 6.54 Å². The fourth-order valence-electron chi connectivity index (χ4n) is 3.62. The second-order valence-corrected chi connectivity index (χ2v) is 9.84. The topological polar surface area (TPSA) is 83.6 Å². The Morgan fingerprint density at radius 3 is 2.31 bits per heavy atom. The minimum Gasteiger partial charge on any atom is -0.328 e. The van der Waals surface area contributed by atoms with E-state index in [1.54, 1.807) is 24.0 Å². The van der Waals surface area contributed by atoms with Gasteiger partial charge < -0.3 is 4.90 Å². The Kier molecular flexibility index (Phi) is 5.44. The lowest BCUT2D eigenvalue weighted by Crippen LogP contribution is -2.68. The maximum Gasteiger partial charge on any atom is 0.264 e. The van der Waals surface area contributed by atoms with Gasteiger partial charge in [0.15, 0.2) is 0 Å². The summed E-state index contributed by atoms with van der Waals surface area (Å²) in [5.41, 5.74) is -1.10. The highest BCUT2D eigenvalue weighted by molar-refractivity contribution is 9.10. The minimum atomic E-state index is -3.97. The van der Waals surface area contributed by atoms with Gasteiger partial charge >= 0.3 is 0 Å². The Morgan fingerprint density at radius 1 is 1.15 bits per heavy atom. The number of nitrogens with one attached hydrogen (secondary N) is 1. The molecule has 1 atom stereocenters. The smallest absolute Gasteiger partial charge is 0.264 e. The molecule has 1 aromatic rings. The summed E-state index contributed by atoms with van der Waals surface area (Å²) in [4.78, 5) is 27.0. The van der Waals surface area contributed by atoms with Gasteiger partial charge in [-0.15, -0.1) is 0 Å². The number of hydrogen-bond donors (Lipinski definition) is 1. The van der Waals surface area contributed by atoms with Crippen LogP contribution in [0.3, 0.4) is 0 Å². The predicted molar refractivity (Wildman–Crippen MR) is 101 cm³/mol. The minimum absolute atomic E-state index is 0.0159. The zero-order valence-corrected chi connectivity index (χ0v) is 17.1. The molecule has 2 fully saturated rings. The van der Waals surface area contributed by atoms with Crippen molar-refractivity contribution in [2.24, 2.45) is 5.92 Å². The van der Waals surface area contributed by atoms with Crippen LogP contribution in [0.15, 0.2) is 33.6 Å². The van der Waals surface area contributed by atoms with Crippen molar-refractivity contribution >= 4 is 37.8 Å². The summed E-state index contributed by atoms with van der Waals surface area (Å²) in [6.07, 6.45) is 5.38. The average Bonchev–Trinajstić information content (AvgIpc) is 2.60. The molecule has 1 heterocycles. The summed E-state index contributed by atoms with van der Waals surface area (Å²) in [6, 6.07) is 6.05. The number of nitrogens with zero attached hydrogens (tertiary/aromatic N) is 1. The molecule has 0 radical (unpaired) electrons. The van der Waals surface area contributed by atoms with Gasteiger partial charge in [-0.2, -0.15) is 0 Å². The first-order valence-corrected chi connectivity index (χ1v) is 11.2. The number of halogens is 1. The highest BCUT2D eigenvalue weighted by Crippen LogP contribution is 2.35. The molecule has 2 amide bonds. The van der Waals surface area contributed by atoms with Crippen molar-refractivity contribution in [3.63, 3.8) is 0 Å². The van der Waals surface area contributed by atoms with Crippen molar-refractivity contribution in [3.05, 3.63) is 28.7 Å². The molecule has 0 spiro atoms. The molecule has 1 N–H and O–H groups in total. The lowest BCUT2D eigenvalue weighted by atomic mass is 9.81. The van der Waals surface area contributed by atoms with Crippen LogP contribution in [0.2, 0.25) is 0 Å². The molecule has 2 aliphatic rings. The largest absolute Gasteiger partial charge is 0.328 e. The number of rotatable bonds is 4. The number of carbonyl (C=O) groups is 2. The van der Waals surface area contributed by atoms with E-state index in [4.69, 9.17) is 0 Å². The fourth-order valence-corrected chi connectivity index (χ4v) is 4.96. The maximum atomic E-state index is 12.8. The number of carbonyl (C=O) groups excluding carboxylic acids is 2. The molecule has 26 heavy (non-hydrogen) atoms. The summed E-state index contributed by atoms with van der Waals surface area (Å²) in [5.74, 6) is -0.704. The van der Waals surface area contributed by atoms with E-state index in [0.29, 0.717) is 13.0 Å². The van der Waals surface area contributed by atoms with E-state index < -0.39 is 21.5 Å². The maximum absolute atomic E-state index is 12.8. The average molecular weight is 443 g/mol. The quantitative estimate of drug-likeness (QED) is 0.776. The lowest BCUT2D eigenvalue weighted by Gasteiger charge is -2.50. The van der Waals surface area contributed by atoms with Crippen molar-refractivity contribution in [1.82, 2.24) is 9.62 Å². The van der Waals surface area contributed by atoms with Crippen LogP contribution in [-0.2, 0) is 19.6 Å². The zero-order chi connectivity index (χ0) is 18.9. The first kappa shape index (κ1) is 19.4. The highest BCUT2D eigenvalue weighted by Gasteiger charge is 2.51. The van der Waals surface area contributed by atoms with Gasteiger partial charge in [-0.3, -0.25) is 9.59 Å². The molecule has 1 aliphatic carbocycles. The SMILES string of the molecule is CC1(C(=O)NS(=O)(=O)c2ccc(Br)cc2)CCN1C(=O)C1CCCCC1. The van der Waals surface area contributed by atoms with Crippen LogP contribution in [0, 0.1) is 5.92 Å². The van der Waals surface area contributed by atoms with E-state index in [2.05, 4.69) is 20.7 Å². The summed E-state index contributed by atoms with van der Waals surface area (Å²) in [5, 5.41) is 0. The summed E-state index contributed by atoms with van der Waals surface area (Å²) in [7, 11) is -3.97. The van der Waals surface area contributed by atoms with Gasteiger partial charge in [0.25, 0.3) is 15.9 Å². The normalized spacial score (nSPS) is 24.0. The molecular weight excluding hydrogens is 420 g/mol. The van der Waals surface area contributed by atoms with Crippen molar-refractivity contribution in [3.8, 4) is 0 Å².